The van der Waals surface area contributed by atoms with Crippen LogP contribution < -0.4 is 10.3 Å². The standard InChI is InChI=1S/C9H10N2O4.2C2H6.CH4O/c1-5-3-4-15-8-6(5)7(12)10-11(8)9(13)14-2;3*1-2/h3H,4H2,1-2H3,(H,10,12);2*1-2H3;2H,1H3. The first-order valence-corrected chi connectivity index (χ1v) is 6.83. The smallest absolute Gasteiger partial charge is 0.435 e. The molecule has 7 heteroatoms. The lowest BCUT2D eigenvalue weighted by Gasteiger charge is -2.12. The molecule has 122 valence electrons. The van der Waals surface area contributed by atoms with E-state index in [1.54, 1.807) is 13.0 Å². The molecule has 0 unspecified atom stereocenters. The zero-order valence-corrected chi connectivity index (χ0v) is 13.8. The molecule has 0 saturated heterocycles. The fourth-order valence-electron chi connectivity index (χ4n) is 1.47. The molecule has 0 atom stereocenters. The Morgan fingerprint density at radius 1 is 1.33 bits per heavy atom. The minimum atomic E-state index is -0.678. The van der Waals surface area contributed by atoms with Gasteiger partial charge in [0, 0.05) is 7.11 Å². The molecule has 0 saturated carbocycles. The van der Waals surface area contributed by atoms with Crippen molar-refractivity contribution in [2.45, 2.75) is 34.6 Å². The summed E-state index contributed by atoms with van der Waals surface area (Å²) in [6.45, 7) is 10.1. The molecule has 1 aromatic rings. The second-order valence-corrected chi connectivity index (χ2v) is 3.12. The average Bonchev–Trinajstić information content (AvgIpc) is 2.91. The Morgan fingerprint density at radius 3 is 2.33 bits per heavy atom. The monoisotopic (exact) mass is 302 g/mol. The number of allylic oxidation sites excluding steroid dienone is 1. The molecule has 2 N–H and O–H groups in total. The third-order valence-corrected chi connectivity index (χ3v) is 2.22. The highest BCUT2D eigenvalue weighted by molar-refractivity contribution is 5.76. The largest absolute Gasteiger partial charge is 0.473 e. The summed E-state index contributed by atoms with van der Waals surface area (Å²) in [5.74, 6) is 0.215. The molecule has 0 aromatic carbocycles. The molecule has 1 aliphatic rings. The molecule has 2 rings (SSSR count). The van der Waals surface area contributed by atoms with Crippen molar-refractivity contribution in [1.82, 2.24) is 9.78 Å². The van der Waals surface area contributed by atoms with E-state index in [1.165, 1.54) is 7.11 Å². The van der Waals surface area contributed by atoms with E-state index in [-0.39, 0.29) is 11.4 Å². The average molecular weight is 302 g/mol. The van der Waals surface area contributed by atoms with Crippen molar-refractivity contribution in [2.75, 3.05) is 20.8 Å². The number of nitrogens with one attached hydrogen (secondary N) is 1. The number of carbonyl (C=O) groups is 1. The Labute approximate surface area is 125 Å². The van der Waals surface area contributed by atoms with Gasteiger partial charge in [-0.25, -0.2) is 4.79 Å². The summed E-state index contributed by atoms with van der Waals surface area (Å²) < 4.78 is 10.7. The minimum absolute atomic E-state index is 0.215. The SMILES string of the molecule is CC.CC.CO.COC(=O)n1[nH]c(=O)c2c1OCC=C2C. The molecule has 0 bridgehead atoms. The van der Waals surface area contributed by atoms with E-state index < -0.39 is 6.09 Å². The number of rotatable bonds is 0. The highest BCUT2D eigenvalue weighted by atomic mass is 16.6. The molecule has 1 aromatic heterocycles. The Balaban J connectivity index is 0. The van der Waals surface area contributed by atoms with Crippen molar-refractivity contribution in [3.8, 4) is 5.88 Å². The molecule has 0 aliphatic carbocycles. The van der Waals surface area contributed by atoms with Crippen LogP contribution in [0.2, 0.25) is 0 Å². The number of ether oxygens (including phenoxy) is 2. The second kappa shape index (κ2) is 11.8. The van der Waals surface area contributed by atoms with Crippen LogP contribution in [0.15, 0.2) is 10.9 Å². The predicted molar refractivity (Wildman–Crippen MR) is 82.8 cm³/mol. The maximum Gasteiger partial charge on any atom is 0.435 e. The van der Waals surface area contributed by atoms with Crippen LogP contribution in [-0.4, -0.2) is 41.8 Å². The van der Waals surface area contributed by atoms with E-state index in [4.69, 9.17) is 9.84 Å². The van der Waals surface area contributed by atoms with Crippen molar-refractivity contribution >= 4 is 11.7 Å². The molecule has 0 radical (unpaired) electrons. The van der Waals surface area contributed by atoms with Crippen LogP contribution in [0.25, 0.3) is 5.57 Å². The van der Waals surface area contributed by atoms with Gasteiger partial charge in [-0.1, -0.05) is 27.7 Å². The van der Waals surface area contributed by atoms with E-state index in [0.717, 1.165) is 17.4 Å². The molecular weight excluding hydrogens is 276 g/mol. The van der Waals surface area contributed by atoms with Gasteiger partial charge in [-0.15, -0.1) is 0 Å². The number of nitrogens with zero attached hydrogens (tertiary/aromatic N) is 1. The molecule has 2 heterocycles. The first-order chi connectivity index (χ1) is 10.1. The van der Waals surface area contributed by atoms with Gasteiger partial charge in [0.1, 0.15) is 12.2 Å². The lowest BCUT2D eigenvalue weighted by atomic mass is 10.1. The van der Waals surface area contributed by atoms with Gasteiger partial charge in [0.25, 0.3) is 5.56 Å². The lowest BCUT2D eigenvalue weighted by molar-refractivity contribution is 0.164. The van der Waals surface area contributed by atoms with Gasteiger partial charge in [-0.2, -0.15) is 4.68 Å². The number of aliphatic hydroxyl groups excluding tert-OH is 1. The van der Waals surface area contributed by atoms with E-state index in [0.29, 0.717) is 12.2 Å². The van der Waals surface area contributed by atoms with Crippen LogP contribution in [0, 0.1) is 0 Å². The van der Waals surface area contributed by atoms with Crippen LogP contribution >= 0.6 is 0 Å². The van der Waals surface area contributed by atoms with Crippen molar-refractivity contribution in [3.05, 3.63) is 22.0 Å². The van der Waals surface area contributed by atoms with Gasteiger partial charge < -0.3 is 14.6 Å². The number of hydrogen-bond acceptors (Lipinski definition) is 5. The van der Waals surface area contributed by atoms with Crippen molar-refractivity contribution in [2.24, 2.45) is 0 Å². The normalized spacial score (nSPS) is 10.8. The molecule has 7 nitrogen and oxygen atoms in total. The summed E-state index contributed by atoms with van der Waals surface area (Å²) in [5, 5.41) is 9.36. The first kappa shape index (κ1) is 21.3. The van der Waals surface area contributed by atoms with Crippen LogP contribution in [0.5, 0.6) is 5.88 Å². The fraction of sp³-hybridized carbons (Fsp3) is 0.571. The van der Waals surface area contributed by atoms with Gasteiger partial charge in [0.2, 0.25) is 5.88 Å². The lowest BCUT2D eigenvalue weighted by Crippen LogP contribution is -2.17. The maximum absolute atomic E-state index is 11.5. The first-order valence-electron chi connectivity index (χ1n) is 6.83. The number of carbonyl (C=O) groups excluding carboxylic acids is 1. The summed E-state index contributed by atoms with van der Waals surface area (Å²) in [6.07, 6.45) is 1.10. The highest BCUT2D eigenvalue weighted by Crippen LogP contribution is 2.25. The number of H-pyrrole nitrogens is 1. The number of fused-ring (bicyclic) bond motifs is 1. The summed E-state index contributed by atoms with van der Waals surface area (Å²) in [4.78, 5) is 22.8. The number of aromatic nitrogens is 2. The molecule has 0 fully saturated rings. The molecule has 1 aliphatic heterocycles. The van der Waals surface area contributed by atoms with Crippen LogP contribution in [-0.2, 0) is 4.74 Å². The fourth-order valence-corrected chi connectivity index (χ4v) is 1.47. The minimum Gasteiger partial charge on any atom is -0.473 e. The van der Waals surface area contributed by atoms with Gasteiger partial charge in [0.15, 0.2) is 0 Å². The summed E-state index contributed by atoms with van der Waals surface area (Å²) in [7, 11) is 2.23. The molecular formula is C14H26N2O5. The number of aliphatic hydroxyl groups is 1. The number of hydrogen-bond donors (Lipinski definition) is 2. The van der Waals surface area contributed by atoms with E-state index in [1.807, 2.05) is 27.7 Å². The molecule has 0 spiro atoms. The maximum atomic E-state index is 11.5. The van der Waals surface area contributed by atoms with E-state index in [9.17, 15) is 9.59 Å². The third kappa shape index (κ3) is 5.11. The Morgan fingerprint density at radius 2 is 1.86 bits per heavy atom. The Kier molecular flexibility index (Phi) is 11.9. The van der Waals surface area contributed by atoms with E-state index >= 15 is 0 Å². The summed E-state index contributed by atoms with van der Waals surface area (Å²) >= 11 is 0. The van der Waals surface area contributed by atoms with Crippen LogP contribution in [0.4, 0.5) is 4.79 Å². The second-order valence-electron chi connectivity index (χ2n) is 3.12. The van der Waals surface area contributed by atoms with Crippen molar-refractivity contribution in [3.63, 3.8) is 0 Å². The quantitative estimate of drug-likeness (QED) is 0.766. The van der Waals surface area contributed by atoms with Crippen molar-refractivity contribution in [1.29, 1.82) is 0 Å². The van der Waals surface area contributed by atoms with Gasteiger partial charge >= 0.3 is 6.09 Å². The van der Waals surface area contributed by atoms with Gasteiger partial charge in [-0.3, -0.25) is 9.89 Å². The topological polar surface area (TPSA) is 93.5 Å². The Bertz CT molecular complexity index is 500. The van der Waals surface area contributed by atoms with Gasteiger partial charge in [-0.05, 0) is 18.6 Å². The third-order valence-electron chi connectivity index (χ3n) is 2.22. The molecule has 21 heavy (non-hydrogen) atoms. The zero-order chi connectivity index (χ0) is 17.0. The number of methoxy groups -OCH3 is 1. The summed E-state index contributed by atoms with van der Waals surface area (Å²) in [6, 6.07) is 0. The number of aromatic amines is 1. The van der Waals surface area contributed by atoms with E-state index in [2.05, 4.69) is 9.84 Å². The van der Waals surface area contributed by atoms with Crippen LogP contribution in [0.3, 0.4) is 0 Å². The summed E-state index contributed by atoms with van der Waals surface area (Å²) in [5.41, 5.74) is 0.815. The highest BCUT2D eigenvalue weighted by Gasteiger charge is 2.24. The van der Waals surface area contributed by atoms with Crippen molar-refractivity contribution < 1.29 is 19.4 Å². The zero-order valence-electron chi connectivity index (χ0n) is 13.8. The van der Waals surface area contributed by atoms with Crippen LogP contribution in [0.1, 0.15) is 40.2 Å². The Hall–Kier alpha value is -2.02. The predicted octanol–water partition coefficient (Wildman–Crippen LogP) is 2.25. The van der Waals surface area contributed by atoms with Gasteiger partial charge in [0.05, 0.1) is 7.11 Å². The molecule has 0 amide bonds.